The first-order valence-corrected chi connectivity index (χ1v) is 11.2. The van der Waals surface area contributed by atoms with Crippen molar-refractivity contribution in [3.05, 3.63) is 53.6 Å². The second-order valence-corrected chi connectivity index (χ2v) is 8.95. The molecule has 0 atom stereocenters. The molecule has 2 aromatic carbocycles. The van der Waals surface area contributed by atoms with Crippen molar-refractivity contribution in [2.24, 2.45) is 0 Å². The number of thioether (sulfide) groups is 1. The molecule has 2 aliphatic rings. The van der Waals surface area contributed by atoms with E-state index in [1.807, 2.05) is 23.9 Å². The molecule has 1 aromatic heterocycles. The van der Waals surface area contributed by atoms with Gasteiger partial charge < -0.3 is 9.30 Å². The van der Waals surface area contributed by atoms with Crippen molar-refractivity contribution >= 4 is 28.6 Å². The van der Waals surface area contributed by atoms with Crippen LogP contribution in [0.2, 0.25) is 0 Å². The highest BCUT2D eigenvalue weighted by Gasteiger charge is 2.29. The minimum Gasteiger partial charge on any atom is -0.465 e. The zero-order valence-corrected chi connectivity index (χ0v) is 17.1. The van der Waals surface area contributed by atoms with Gasteiger partial charge in [-0.1, -0.05) is 43.5 Å². The molecule has 0 unspecified atom stereocenters. The number of fused-ring (bicyclic) bond motifs is 5. The van der Waals surface area contributed by atoms with Gasteiger partial charge in [-0.15, -0.1) is 11.8 Å². The number of carbonyl (C=O) groups excluding carboxylic acids is 1. The third kappa shape index (κ3) is 2.86. The summed E-state index contributed by atoms with van der Waals surface area (Å²) in [5.41, 5.74) is 6.04. The van der Waals surface area contributed by atoms with Gasteiger partial charge in [0.15, 0.2) is 0 Å². The summed E-state index contributed by atoms with van der Waals surface area (Å²) in [6.45, 7) is 0.961. The average Bonchev–Trinajstić information content (AvgIpc) is 2.95. The van der Waals surface area contributed by atoms with Crippen LogP contribution in [0.15, 0.2) is 47.4 Å². The maximum atomic E-state index is 12.2. The molecule has 1 aliphatic carbocycles. The summed E-state index contributed by atoms with van der Waals surface area (Å²) >= 11 is 1.94. The van der Waals surface area contributed by atoms with E-state index >= 15 is 0 Å². The van der Waals surface area contributed by atoms with E-state index in [0.29, 0.717) is 11.5 Å². The van der Waals surface area contributed by atoms with Crippen LogP contribution in [0, 0.1) is 0 Å². The second kappa shape index (κ2) is 7.32. The average molecular weight is 392 g/mol. The van der Waals surface area contributed by atoms with Crippen LogP contribution in [0.5, 0.6) is 0 Å². The Morgan fingerprint density at radius 2 is 1.93 bits per heavy atom. The molecule has 1 aliphatic heterocycles. The summed E-state index contributed by atoms with van der Waals surface area (Å²) in [4.78, 5) is 13.5. The van der Waals surface area contributed by atoms with Crippen LogP contribution in [0.1, 0.15) is 53.9 Å². The number of benzene rings is 2. The number of hydrogen-bond acceptors (Lipinski definition) is 3. The molecular formula is C24H25NO2S. The van der Waals surface area contributed by atoms with Gasteiger partial charge in [-0.05, 0) is 42.5 Å². The highest BCUT2D eigenvalue weighted by atomic mass is 32.2. The van der Waals surface area contributed by atoms with E-state index in [1.165, 1.54) is 71.8 Å². The van der Waals surface area contributed by atoms with Gasteiger partial charge in [-0.2, -0.15) is 0 Å². The third-order valence-electron chi connectivity index (χ3n) is 6.25. The predicted octanol–water partition coefficient (Wildman–Crippen LogP) is 6.25. The monoisotopic (exact) mass is 391 g/mol. The van der Waals surface area contributed by atoms with Crippen molar-refractivity contribution in [3.63, 3.8) is 0 Å². The Morgan fingerprint density at radius 1 is 1.11 bits per heavy atom. The lowest BCUT2D eigenvalue weighted by atomic mass is 9.81. The van der Waals surface area contributed by atoms with Crippen LogP contribution >= 0.6 is 11.8 Å². The van der Waals surface area contributed by atoms with Crippen molar-refractivity contribution < 1.29 is 9.53 Å². The van der Waals surface area contributed by atoms with Gasteiger partial charge in [0, 0.05) is 33.7 Å². The molecule has 3 nitrogen and oxygen atoms in total. The zero-order valence-electron chi connectivity index (χ0n) is 16.2. The Kier molecular flexibility index (Phi) is 4.67. The Hall–Kier alpha value is -2.20. The van der Waals surface area contributed by atoms with Crippen molar-refractivity contribution in [1.29, 1.82) is 0 Å². The standard InChI is InChI=1S/C24H25NO2S/c1-27-24(26)17-11-12-18-20(15-17)25-13-14-28-21-10-6-5-9-19(21)23(25)22(18)16-7-3-2-4-8-16/h5-6,9-12,15-16H,2-4,7-8,13-14H2,1H3. The van der Waals surface area contributed by atoms with Crippen molar-refractivity contribution in [2.45, 2.75) is 49.5 Å². The first kappa shape index (κ1) is 17.9. The van der Waals surface area contributed by atoms with Crippen LogP contribution in [-0.2, 0) is 11.3 Å². The van der Waals surface area contributed by atoms with E-state index in [9.17, 15) is 4.79 Å². The third-order valence-corrected chi connectivity index (χ3v) is 7.31. The molecule has 1 saturated carbocycles. The number of aryl methyl sites for hydroxylation is 1. The van der Waals surface area contributed by atoms with E-state index in [-0.39, 0.29) is 5.97 Å². The van der Waals surface area contributed by atoms with Crippen LogP contribution in [-0.4, -0.2) is 23.4 Å². The van der Waals surface area contributed by atoms with Gasteiger partial charge in [-0.25, -0.2) is 4.79 Å². The van der Waals surface area contributed by atoms with E-state index in [0.717, 1.165) is 12.3 Å². The van der Waals surface area contributed by atoms with E-state index in [1.54, 1.807) is 0 Å². The minimum absolute atomic E-state index is 0.264. The lowest BCUT2D eigenvalue weighted by Gasteiger charge is -2.23. The largest absolute Gasteiger partial charge is 0.465 e. The first-order valence-electron chi connectivity index (χ1n) is 10.2. The molecule has 0 radical (unpaired) electrons. The molecule has 3 aromatic rings. The number of aromatic nitrogens is 1. The van der Waals surface area contributed by atoms with Crippen LogP contribution in [0.4, 0.5) is 0 Å². The number of esters is 1. The van der Waals surface area contributed by atoms with Gasteiger partial charge in [-0.3, -0.25) is 0 Å². The van der Waals surface area contributed by atoms with E-state index in [2.05, 4.69) is 34.9 Å². The van der Waals surface area contributed by atoms with Gasteiger partial charge in [0.25, 0.3) is 0 Å². The maximum Gasteiger partial charge on any atom is 0.337 e. The molecule has 1 fully saturated rings. The number of hydrogen-bond donors (Lipinski definition) is 0. The molecule has 0 saturated heterocycles. The minimum atomic E-state index is -0.264. The van der Waals surface area contributed by atoms with E-state index < -0.39 is 0 Å². The molecule has 4 heteroatoms. The molecule has 2 heterocycles. The Balaban J connectivity index is 1.81. The van der Waals surface area contributed by atoms with Crippen molar-refractivity contribution in [2.75, 3.05) is 12.9 Å². The Bertz CT molecular complexity index is 1050. The lowest BCUT2D eigenvalue weighted by Crippen LogP contribution is -2.07. The summed E-state index contributed by atoms with van der Waals surface area (Å²) in [6.07, 6.45) is 6.50. The number of rotatable bonds is 2. The number of ether oxygens (including phenoxy) is 1. The smallest absolute Gasteiger partial charge is 0.337 e. The zero-order chi connectivity index (χ0) is 19.1. The molecule has 0 bridgehead atoms. The second-order valence-electron chi connectivity index (χ2n) is 7.82. The van der Waals surface area contributed by atoms with Crippen molar-refractivity contribution in [1.82, 2.24) is 4.57 Å². The number of nitrogens with zero attached hydrogens (tertiary/aromatic N) is 1. The predicted molar refractivity (Wildman–Crippen MR) is 115 cm³/mol. The molecule has 0 N–H and O–H groups in total. The maximum absolute atomic E-state index is 12.2. The van der Waals surface area contributed by atoms with Gasteiger partial charge >= 0.3 is 5.97 Å². The van der Waals surface area contributed by atoms with Crippen LogP contribution in [0.3, 0.4) is 0 Å². The number of carbonyl (C=O) groups is 1. The molecule has 28 heavy (non-hydrogen) atoms. The SMILES string of the molecule is COC(=O)c1ccc2c(C3CCCCC3)c3n(c2c1)CCSc1ccccc1-3. The topological polar surface area (TPSA) is 31.2 Å². The fraction of sp³-hybridized carbons (Fsp3) is 0.375. The molecule has 5 rings (SSSR count). The summed E-state index contributed by atoms with van der Waals surface area (Å²) in [5, 5.41) is 1.32. The van der Waals surface area contributed by atoms with Crippen LogP contribution < -0.4 is 0 Å². The molecule has 144 valence electrons. The van der Waals surface area contributed by atoms with Gasteiger partial charge in [0.2, 0.25) is 0 Å². The summed E-state index contributed by atoms with van der Waals surface area (Å²) < 4.78 is 7.44. The van der Waals surface area contributed by atoms with E-state index in [4.69, 9.17) is 4.74 Å². The van der Waals surface area contributed by atoms with Crippen molar-refractivity contribution in [3.8, 4) is 11.3 Å². The van der Waals surface area contributed by atoms with Crippen LogP contribution in [0.25, 0.3) is 22.2 Å². The fourth-order valence-electron chi connectivity index (χ4n) is 4.98. The lowest BCUT2D eigenvalue weighted by molar-refractivity contribution is 0.0601. The molecule has 0 spiro atoms. The highest BCUT2D eigenvalue weighted by Crippen LogP contribution is 2.47. The van der Waals surface area contributed by atoms with Gasteiger partial charge in [0.1, 0.15) is 0 Å². The first-order chi connectivity index (χ1) is 13.8. The van der Waals surface area contributed by atoms with Gasteiger partial charge in [0.05, 0.1) is 18.4 Å². The normalized spacial score (nSPS) is 17.0. The molecule has 0 amide bonds. The fourth-order valence-corrected chi connectivity index (χ4v) is 5.97. The Morgan fingerprint density at radius 3 is 2.75 bits per heavy atom. The summed E-state index contributed by atoms with van der Waals surface area (Å²) in [7, 11) is 1.45. The molecular weight excluding hydrogens is 366 g/mol. The highest BCUT2D eigenvalue weighted by molar-refractivity contribution is 7.99. The Labute approximate surface area is 170 Å². The summed E-state index contributed by atoms with van der Waals surface area (Å²) in [5.74, 6) is 1.38. The quantitative estimate of drug-likeness (QED) is 0.484. The number of methoxy groups -OCH3 is 1. The summed E-state index contributed by atoms with van der Waals surface area (Å²) in [6, 6.07) is 14.9.